The van der Waals surface area contributed by atoms with Crippen LogP contribution < -0.4 is 14.8 Å². The first-order chi connectivity index (χ1) is 10.2. The first-order valence-corrected chi connectivity index (χ1v) is 8.37. The van der Waals surface area contributed by atoms with E-state index in [0.29, 0.717) is 31.1 Å². The summed E-state index contributed by atoms with van der Waals surface area (Å²) in [6.45, 7) is 3.48. The molecule has 6 nitrogen and oxygen atoms in total. The molecule has 7 heteroatoms. The summed E-state index contributed by atoms with van der Waals surface area (Å²) in [5.41, 5.74) is 0.384. The number of carbonyl (C=O) groups excluding carboxylic acids is 1. The monoisotopic (exact) mass is 312 g/mol. The third-order valence-electron chi connectivity index (χ3n) is 3.05. The van der Waals surface area contributed by atoms with Gasteiger partial charge >= 0.3 is 0 Å². The highest BCUT2D eigenvalue weighted by Crippen LogP contribution is 2.19. The zero-order valence-corrected chi connectivity index (χ0v) is 12.8. The first kappa shape index (κ1) is 15.9. The summed E-state index contributed by atoms with van der Waals surface area (Å²) >= 11 is 0. The topological polar surface area (TPSA) is 76.7 Å². The lowest BCUT2D eigenvalue weighted by atomic mass is 10.1. The molecule has 1 aromatic rings. The van der Waals surface area contributed by atoms with Crippen molar-refractivity contribution >= 4 is 16.9 Å². The normalized spacial score (nSPS) is 20.3. The maximum atomic E-state index is 12.0. The summed E-state index contributed by atoms with van der Waals surface area (Å²) in [6.07, 6.45) is 1.41. The van der Waals surface area contributed by atoms with Gasteiger partial charge in [0.1, 0.15) is 16.7 Å². The lowest BCUT2D eigenvalue weighted by Gasteiger charge is -2.16. The molecule has 1 aliphatic rings. The molecule has 2 rings (SSSR count). The summed E-state index contributed by atoms with van der Waals surface area (Å²) < 4.78 is 24.7. The van der Waals surface area contributed by atoms with Gasteiger partial charge in [-0.15, -0.1) is 0 Å². The summed E-state index contributed by atoms with van der Waals surface area (Å²) in [5, 5.41) is 3.27. The third-order valence-corrected chi connectivity index (χ3v) is 3.53. The molecule has 0 aliphatic carbocycles. The molecule has 0 bridgehead atoms. The molecule has 21 heavy (non-hydrogen) atoms. The summed E-state index contributed by atoms with van der Waals surface area (Å²) in [4.78, 5) is 12.0. The predicted octanol–water partition coefficient (Wildman–Crippen LogP) is 0.325. The van der Waals surface area contributed by atoms with E-state index in [4.69, 9.17) is 9.47 Å². The van der Waals surface area contributed by atoms with Gasteiger partial charge in [0.2, 0.25) is 0 Å². The first-order valence-electron chi connectivity index (χ1n) is 6.81. The Labute approximate surface area is 126 Å². The highest BCUT2D eigenvalue weighted by atomic mass is 32.2. The van der Waals surface area contributed by atoms with Crippen molar-refractivity contribution in [3.8, 4) is 5.75 Å². The smallest absolute Gasteiger partial charge is 0.266 e. The highest BCUT2D eigenvalue weighted by Gasteiger charge is 2.16. The van der Waals surface area contributed by atoms with E-state index in [0.717, 1.165) is 13.1 Å². The summed E-state index contributed by atoms with van der Waals surface area (Å²) in [7, 11) is -1.40. The minimum absolute atomic E-state index is 0.240. The zero-order chi connectivity index (χ0) is 15.1. The molecule has 1 heterocycles. The Morgan fingerprint density at radius 2 is 2.33 bits per heavy atom. The van der Waals surface area contributed by atoms with Gasteiger partial charge in [-0.05, 0) is 12.1 Å². The molecule has 0 saturated carbocycles. The standard InChI is InChI=1S/C14H20N2O4S/c1-21(18)16-14(17)12-4-2-3-5-13(12)20-10-11-8-15-6-7-19-9-11/h2-5,11,15H,6-10H2,1H3,(H,16,17). The maximum absolute atomic E-state index is 12.0. The van der Waals surface area contributed by atoms with E-state index in [-0.39, 0.29) is 5.92 Å². The van der Waals surface area contributed by atoms with Gasteiger partial charge in [-0.25, -0.2) is 4.21 Å². The van der Waals surface area contributed by atoms with Crippen molar-refractivity contribution in [1.29, 1.82) is 0 Å². The SMILES string of the molecule is CS(=O)NC(=O)c1ccccc1OCC1CNCCOC1. The Morgan fingerprint density at radius 3 is 3.14 bits per heavy atom. The van der Waals surface area contributed by atoms with Crippen LogP contribution in [0.4, 0.5) is 0 Å². The van der Waals surface area contributed by atoms with Crippen LogP contribution in [0, 0.1) is 5.92 Å². The average molecular weight is 312 g/mol. The quantitative estimate of drug-likeness (QED) is 0.819. The molecule has 0 aromatic heterocycles. The number of carbonyl (C=O) groups is 1. The highest BCUT2D eigenvalue weighted by molar-refractivity contribution is 7.82. The van der Waals surface area contributed by atoms with Crippen LogP contribution in [0.5, 0.6) is 5.75 Å². The van der Waals surface area contributed by atoms with Crippen LogP contribution in [-0.2, 0) is 15.7 Å². The fourth-order valence-electron chi connectivity index (χ4n) is 2.04. The minimum Gasteiger partial charge on any atom is -0.492 e. The van der Waals surface area contributed by atoms with Crippen molar-refractivity contribution in [2.45, 2.75) is 0 Å². The molecule has 1 aliphatic heterocycles. The van der Waals surface area contributed by atoms with Gasteiger partial charge in [-0.3, -0.25) is 9.52 Å². The number of amides is 1. The summed E-state index contributed by atoms with van der Waals surface area (Å²) in [6, 6.07) is 6.94. The van der Waals surface area contributed by atoms with Crippen molar-refractivity contribution in [3.63, 3.8) is 0 Å². The van der Waals surface area contributed by atoms with Gasteiger partial charge in [0, 0.05) is 25.3 Å². The molecule has 1 aromatic carbocycles. The molecule has 0 spiro atoms. The van der Waals surface area contributed by atoms with Crippen LogP contribution in [-0.4, -0.2) is 49.3 Å². The van der Waals surface area contributed by atoms with Crippen molar-refractivity contribution in [3.05, 3.63) is 29.8 Å². The Kier molecular flexibility index (Phi) is 6.16. The van der Waals surface area contributed by atoms with Crippen molar-refractivity contribution in [1.82, 2.24) is 10.0 Å². The molecule has 1 fully saturated rings. The number of rotatable bonds is 5. The van der Waals surface area contributed by atoms with Gasteiger partial charge in [-0.1, -0.05) is 12.1 Å². The maximum Gasteiger partial charge on any atom is 0.266 e. The van der Waals surface area contributed by atoms with Crippen LogP contribution in [0.15, 0.2) is 24.3 Å². The lowest BCUT2D eigenvalue weighted by Crippen LogP contribution is -2.28. The van der Waals surface area contributed by atoms with Gasteiger partial charge in [-0.2, -0.15) is 0 Å². The average Bonchev–Trinajstić information content (AvgIpc) is 2.73. The Morgan fingerprint density at radius 1 is 1.52 bits per heavy atom. The zero-order valence-electron chi connectivity index (χ0n) is 12.0. The van der Waals surface area contributed by atoms with Crippen LogP contribution >= 0.6 is 0 Å². The van der Waals surface area contributed by atoms with Crippen LogP contribution in [0.3, 0.4) is 0 Å². The molecule has 1 saturated heterocycles. The van der Waals surface area contributed by atoms with Gasteiger partial charge in [0.05, 0.1) is 25.4 Å². The Bertz CT molecular complexity index is 502. The molecule has 2 atom stereocenters. The molecular weight excluding hydrogens is 292 g/mol. The largest absolute Gasteiger partial charge is 0.492 e. The Hall–Kier alpha value is -1.44. The van der Waals surface area contributed by atoms with Crippen molar-refractivity contribution < 1.29 is 18.5 Å². The molecular formula is C14H20N2O4S. The number of ether oxygens (including phenoxy) is 2. The van der Waals surface area contributed by atoms with Crippen LogP contribution in [0.1, 0.15) is 10.4 Å². The van der Waals surface area contributed by atoms with E-state index in [9.17, 15) is 9.00 Å². The van der Waals surface area contributed by atoms with Gasteiger partial charge < -0.3 is 14.8 Å². The van der Waals surface area contributed by atoms with Crippen molar-refractivity contribution in [2.24, 2.45) is 5.92 Å². The second-order valence-corrected chi connectivity index (χ2v) is 5.95. The fraction of sp³-hybridized carbons (Fsp3) is 0.500. The molecule has 0 radical (unpaired) electrons. The number of benzene rings is 1. The van der Waals surface area contributed by atoms with E-state index >= 15 is 0 Å². The van der Waals surface area contributed by atoms with Gasteiger partial charge in [0.15, 0.2) is 0 Å². The van der Waals surface area contributed by atoms with Gasteiger partial charge in [0.25, 0.3) is 5.91 Å². The fourth-order valence-corrected chi connectivity index (χ4v) is 2.41. The predicted molar refractivity (Wildman–Crippen MR) is 80.6 cm³/mol. The number of nitrogens with one attached hydrogen (secondary N) is 2. The number of hydrogen-bond acceptors (Lipinski definition) is 5. The molecule has 2 N–H and O–H groups in total. The number of para-hydroxylation sites is 1. The molecule has 1 amide bonds. The lowest BCUT2D eigenvalue weighted by molar-refractivity contribution is 0.0958. The van der Waals surface area contributed by atoms with E-state index in [1.807, 2.05) is 0 Å². The van der Waals surface area contributed by atoms with E-state index in [1.54, 1.807) is 24.3 Å². The second kappa shape index (κ2) is 8.11. The number of hydrogen-bond donors (Lipinski definition) is 2. The van der Waals surface area contributed by atoms with E-state index in [1.165, 1.54) is 6.26 Å². The third kappa shape index (κ3) is 5.11. The minimum atomic E-state index is -1.40. The van der Waals surface area contributed by atoms with E-state index in [2.05, 4.69) is 10.0 Å². The van der Waals surface area contributed by atoms with Crippen LogP contribution in [0.25, 0.3) is 0 Å². The van der Waals surface area contributed by atoms with Crippen molar-refractivity contribution in [2.75, 3.05) is 39.2 Å². The molecule has 116 valence electrons. The molecule has 2 unspecified atom stereocenters. The Balaban J connectivity index is 1.99. The second-order valence-electron chi connectivity index (χ2n) is 4.84. The van der Waals surface area contributed by atoms with E-state index < -0.39 is 16.9 Å². The summed E-state index contributed by atoms with van der Waals surface area (Å²) in [5.74, 6) is 0.329. The van der Waals surface area contributed by atoms with Crippen LogP contribution in [0.2, 0.25) is 0 Å².